The smallest absolute Gasteiger partial charge is 0.326 e. The van der Waals surface area contributed by atoms with E-state index in [2.05, 4.69) is 57.5 Å². The highest BCUT2D eigenvalue weighted by Gasteiger charge is 2.36. The zero-order chi connectivity index (χ0) is 60.8. The molecule has 0 unspecified atom stereocenters. The van der Waals surface area contributed by atoms with Crippen LogP contribution in [0.1, 0.15) is 76.0 Å². The van der Waals surface area contributed by atoms with Crippen molar-refractivity contribution in [2.24, 2.45) is 22.2 Å². The molecule has 0 spiro atoms. The molecular formula is C56H74N14O13. The summed E-state index contributed by atoms with van der Waals surface area (Å²) in [5.41, 5.74) is 19.8. The number of carbonyl (C=O) groups excluding carboxylic acids is 8. The summed E-state index contributed by atoms with van der Waals surface area (Å²) in [6.07, 6.45) is 1.10. The molecule has 19 N–H and O–H groups in total. The highest BCUT2D eigenvalue weighted by Crippen LogP contribution is 2.21. The van der Waals surface area contributed by atoms with Gasteiger partial charge in [0.05, 0.1) is 12.5 Å². The maximum Gasteiger partial charge on any atom is 0.326 e. The van der Waals surface area contributed by atoms with Gasteiger partial charge in [-0.15, -0.1) is 0 Å². The number of H-pyrrole nitrogens is 2. The Morgan fingerprint density at radius 2 is 1.00 bits per heavy atom. The van der Waals surface area contributed by atoms with Gasteiger partial charge in [-0.3, -0.25) is 48.1 Å². The molecular weight excluding hydrogens is 1080 g/mol. The molecule has 0 saturated heterocycles. The second kappa shape index (κ2) is 31.6. The number of amides is 8. The summed E-state index contributed by atoms with van der Waals surface area (Å²) in [6.45, 7) is 3.96. The van der Waals surface area contributed by atoms with Gasteiger partial charge in [0, 0.05) is 66.9 Å². The van der Waals surface area contributed by atoms with E-state index in [1.807, 2.05) is 24.3 Å². The lowest BCUT2D eigenvalue weighted by Crippen LogP contribution is -2.62. The number of hydrogen-bond donors (Lipinski definition) is 16. The van der Waals surface area contributed by atoms with Crippen LogP contribution >= 0.6 is 0 Å². The summed E-state index contributed by atoms with van der Waals surface area (Å²) in [5.74, 6) is -10.5. The fourth-order valence-electron chi connectivity index (χ4n) is 9.08. The Morgan fingerprint density at radius 1 is 0.530 bits per heavy atom. The zero-order valence-corrected chi connectivity index (χ0v) is 46.2. The summed E-state index contributed by atoms with van der Waals surface area (Å²) in [7, 11) is 0. The van der Waals surface area contributed by atoms with Gasteiger partial charge in [-0.1, -0.05) is 66.7 Å². The molecule has 5 rings (SSSR count). The molecule has 0 fully saturated rings. The molecule has 0 saturated carbocycles. The zero-order valence-electron chi connectivity index (χ0n) is 46.2. The number of carboxylic acids is 2. The summed E-state index contributed by atoms with van der Waals surface area (Å²) in [6, 6.07) is 10.5. The molecule has 2 aromatic heterocycles. The van der Waals surface area contributed by atoms with E-state index >= 15 is 0 Å². The fourth-order valence-corrected chi connectivity index (χ4v) is 9.08. The summed E-state index contributed by atoms with van der Waals surface area (Å²) < 4.78 is 0. The maximum absolute atomic E-state index is 14.3. The quantitative estimate of drug-likeness (QED) is 0.0132. The van der Waals surface area contributed by atoms with Crippen molar-refractivity contribution in [3.8, 4) is 0 Å². The van der Waals surface area contributed by atoms with Gasteiger partial charge >= 0.3 is 11.9 Å². The number of aromatic amines is 2. The number of aliphatic carboxylic acids is 2. The van der Waals surface area contributed by atoms with Crippen molar-refractivity contribution in [3.05, 3.63) is 108 Å². The van der Waals surface area contributed by atoms with Gasteiger partial charge in [-0.05, 0) is 81.3 Å². The van der Waals surface area contributed by atoms with Crippen molar-refractivity contribution in [2.75, 3.05) is 13.1 Å². The van der Waals surface area contributed by atoms with E-state index in [-0.39, 0.29) is 57.6 Å². The van der Waals surface area contributed by atoms with Crippen LogP contribution in [0, 0.1) is 0 Å². The molecule has 27 nitrogen and oxygen atoms in total. The Hall–Kier alpha value is -9.37. The Morgan fingerprint density at radius 3 is 1.54 bits per heavy atom. The van der Waals surface area contributed by atoms with Gasteiger partial charge in [-0.2, -0.15) is 0 Å². The van der Waals surface area contributed by atoms with Gasteiger partial charge in [0.1, 0.15) is 48.3 Å². The van der Waals surface area contributed by atoms with Crippen LogP contribution in [0.15, 0.2) is 96.2 Å². The number of nitrogens with zero attached hydrogens (tertiary/aromatic N) is 1. The normalized spacial score (nSPS) is 14.4. The number of fused-ring (bicyclic) bond motifs is 2. The molecule has 27 heteroatoms. The van der Waals surface area contributed by atoms with Crippen LogP contribution < -0.4 is 59.7 Å². The lowest BCUT2D eigenvalue weighted by molar-refractivity contribution is -0.142. The lowest BCUT2D eigenvalue weighted by atomic mass is 10.0. The Bertz CT molecular complexity index is 3100. The van der Waals surface area contributed by atoms with Gasteiger partial charge in [0.15, 0.2) is 5.96 Å². The average molecular weight is 1150 g/mol. The number of aliphatic hydroxyl groups is 1. The van der Waals surface area contributed by atoms with Crippen molar-refractivity contribution in [2.45, 2.75) is 133 Å². The van der Waals surface area contributed by atoms with Crippen LogP contribution in [0.3, 0.4) is 0 Å². The number of rotatable bonds is 33. The first-order chi connectivity index (χ1) is 39.5. The largest absolute Gasteiger partial charge is 0.481 e. The van der Waals surface area contributed by atoms with E-state index in [1.165, 1.54) is 20.8 Å². The first kappa shape index (κ1) is 64.5. The third-order valence-corrected chi connectivity index (χ3v) is 13.4. The number of nitrogens with one attached hydrogen (secondary N) is 10. The van der Waals surface area contributed by atoms with Crippen LogP contribution in [-0.4, -0.2) is 158 Å². The molecule has 0 radical (unpaired) electrons. The molecule has 0 aliphatic heterocycles. The van der Waals surface area contributed by atoms with E-state index in [0.29, 0.717) is 34.9 Å². The minimum Gasteiger partial charge on any atom is -0.481 e. The number of nitrogens with two attached hydrogens (primary N) is 3. The number of unbranched alkanes of at least 4 members (excludes halogenated alkanes) is 1. The van der Waals surface area contributed by atoms with Crippen LogP contribution in [0.4, 0.5) is 0 Å². The van der Waals surface area contributed by atoms with Crippen molar-refractivity contribution in [1.29, 1.82) is 0 Å². The predicted octanol–water partition coefficient (Wildman–Crippen LogP) is -1.28. The first-order valence-electron chi connectivity index (χ1n) is 27.0. The van der Waals surface area contributed by atoms with E-state index in [4.69, 9.17) is 17.2 Å². The molecule has 0 aliphatic carbocycles. The summed E-state index contributed by atoms with van der Waals surface area (Å²) in [5, 5.41) is 52.4. The first-order valence-corrected chi connectivity index (χ1v) is 27.0. The predicted molar refractivity (Wildman–Crippen MR) is 305 cm³/mol. The molecule has 9 atom stereocenters. The number of guanidine groups is 1. The monoisotopic (exact) mass is 1150 g/mol. The van der Waals surface area contributed by atoms with Gasteiger partial charge < -0.3 is 85.0 Å². The SMILES string of the molecule is CC(=O)N[C@@H](Cc1c[nH]c2ccccc12)C(=O)N[C@@H](CCCCN)C(=O)N[C@@H](CC(=O)O)C(=O)N[C@@H](Cc1ccccc1)C(=O)N[C@H](C(=O)N[C@@H](C)C(=O)N[C@@H](Cc1c[nH]c2ccccc12)C(=O)N[C@@H](CCCN=C(N)N)C(=O)O)[C@@H](C)O. The van der Waals surface area contributed by atoms with Crippen molar-refractivity contribution < 1.29 is 63.3 Å². The number of carboxylic acid groups (broad SMARTS) is 2. The molecule has 0 bridgehead atoms. The van der Waals surface area contributed by atoms with Crippen molar-refractivity contribution in [3.63, 3.8) is 0 Å². The molecule has 446 valence electrons. The van der Waals surface area contributed by atoms with E-state index in [0.717, 1.165) is 16.4 Å². The van der Waals surface area contributed by atoms with Crippen molar-refractivity contribution in [1.82, 2.24) is 52.5 Å². The third-order valence-electron chi connectivity index (χ3n) is 13.4. The van der Waals surface area contributed by atoms with Crippen LogP contribution in [0.25, 0.3) is 21.8 Å². The minimum atomic E-state index is -1.86. The third kappa shape index (κ3) is 20.0. The van der Waals surface area contributed by atoms with Crippen LogP contribution in [0.2, 0.25) is 0 Å². The number of aliphatic imine (C=N–C) groups is 1. The molecule has 3 aromatic carbocycles. The number of aliphatic hydroxyl groups excluding tert-OH is 1. The molecule has 83 heavy (non-hydrogen) atoms. The van der Waals surface area contributed by atoms with Gasteiger partial charge in [0.2, 0.25) is 47.3 Å². The van der Waals surface area contributed by atoms with E-state index in [1.54, 1.807) is 67.0 Å². The Balaban J connectivity index is 1.32. The fraction of sp³-hybridized carbons (Fsp3) is 0.411. The molecule has 0 aliphatic rings. The number of hydrogen-bond acceptors (Lipinski definition) is 13. The molecule has 8 amide bonds. The number of benzene rings is 3. The van der Waals surface area contributed by atoms with E-state index in [9.17, 15) is 63.3 Å². The highest BCUT2D eigenvalue weighted by molar-refractivity contribution is 5.99. The van der Waals surface area contributed by atoms with Crippen LogP contribution in [-0.2, 0) is 67.2 Å². The van der Waals surface area contributed by atoms with Gasteiger partial charge in [0.25, 0.3) is 0 Å². The summed E-state index contributed by atoms with van der Waals surface area (Å²) >= 11 is 0. The molecule has 2 heterocycles. The average Bonchev–Trinajstić information content (AvgIpc) is 4.13. The van der Waals surface area contributed by atoms with Crippen molar-refractivity contribution >= 4 is 87.0 Å². The highest BCUT2D eigenvalue weighted by atomic mass is 16.4. The Kier molecular flexibility index (Phi) is 24.5. The second-order valence-corrected chi connectivity index (χ2v) is 20.0. The van der Waals surface area contributed by atoms with Crippen LogP contribution in [0.5, 0.6) is 0 Å². The minimum absolute atomic E-state index is 0.0179. The number of para-hydroxylation sites is 2. The number of carbonyl (C=O) groups is 10. The standard InChI is InChI=1S/C56H74N14O13/c1-30(48(75)67-44(26-35-29-62-39-19-10-8-17-37(35)39)51(78)66-41(55(82)83)21-13-23-60-56(58)59)63-54(81)47(31(2)71)70-53(80)42(24-33-14-5-4-6-15-33)68-52(79)45(27-46(73)74)69-49(76)40(20-11-12-22-57)65-50(77)43(64-32(3)72)25-34-28-61-38-18-9-7-16-36(34)38/h4-10,14-19,28-31,40-45,47,61-62,71H,11-13,20-27,57H2,1-3H3,(H,63,81)(H,64,72)(H,65,77)(H,66,78)(H,67,75)(H,68,79)(H,69,76)(H,70,80)(H,73,74)(H,82,83)(H4,58,59,60)/t30-,31+,40-,41-,42-,43-,44-,45-,47-/m0/s1. The second-order valence-electron chi connectivity index (χ2n) is 20.0. The number of aromatic nitrogens is 2. The van der Waals surface area contributed by atoms with E-state index < -0.39 is 120 Å². The van der Waals surface area contributed by atoms with Gasteiger partial charge in [-0.25, -0.2) is 4.79 Å². The summed E-state index contributed by atoms with van der Waals surface area (Å²) in [4.78, 5) is 145. The maximum atomic E-state index is 14.3. The topological polar surface area (TPSA) is 450 Å². The Labute approximate surface area is 477 Å². The lowest BCUT2D eigenvalue weighted by Gasteiger charge is -2.28. The molecule has 5 aromatic rings.